The van der Waals surface area contributed by atoms with E-state index in [0.717, 1.165) is 23.6 Å². The van der Waals surface area contributed by atoms with Gasteiger partial charge in [-0.2, -0.15) is 0 Å². The Kier molecular flexibility index (Phi) is 3.88. The fourth-order valence-electron chi connectivity index (χ4n) is 2.33. The molecule has 2 aromatic rings. The molecule has 0 unspecified atom stereocenters. The first kappa shape index (κ1) is 13.0. The second kappa shape index (κ2) is 5.97. The monoisotopic (exact) mass is 269 g/mol. The lowest BCUT2D eigenvalue weighted by atomic mass is 9.98. The highest BCUT2D eigenvalue weighted by Crippen LogP contribution is 2.33. The minimum absolute atomic E-state index is 0.465. The van der Waals surface area contributed by atoms with Gasteiger partial charge < -0.3 is 14.8 Å². The van der Waals surface area contributed by atoms with E-state index < -0.39 is 0 Å². The smallest absolute Gasteiger partial charge is 0.161 e. The molecule has 0 spiro atoms. The number of benzene rings is 2. The first-order valence-electron chi connectivity index (χ1n) is 6.95. The van der Waals surface area contributed by atoms with Gasteiger partial charge in [-0.3, -0.25) is 0 Å². The van der Waals surface area contributed by atoms with Crippen LogP contribution in [0.4, 0.5) is 0 Å². The highest BCUT2D eigenvalue weighted by atomic mass is 16.5. The molecule has 0 bridgehead atoms. The van der Waals surface area contributed by atoms with Crippen LogP contribution in [0.5, 0.6) is 11.5 Å². The lowest BCUT2D eigenvalue weighted by Gasteiger charge is -2.28. The summed E-state index contributed by atoms with van der Waals surface area (Å²) in [6.07, 6.45) is 1.19. The Bertz CT molecular complexity index is 564. The van der Waals surface area contributed by atoms with Crippen LogP contribution < -0.4 is 14.8 Å². The van der Waals surface area contributed by atoms with Gasteiger partial charge in [0.25, 0.3) is 0 Å². The molecule has 1 N–H and O–H groups in total. The van der Waals surface area contributed by atoms with Crippen LogP contribution in [0.2, 0.25) is 0 Å². The van der Waals surface area contributed by atoms with E-state index in [1.165, 1.54) is 12.0 Å². The van der Waals surface area contributed by atoms with E-state index in [9.17, 15) is 0 Å². The Balaban J connectivity index is 1.72. The zero-order chi connectivity index (χ0) is 13.8. The molecule has 2 aromatic carbocycles. The average molecular weight is 269 g/mol. The molecule has 1 aliphatic rings. The molecule has 0 amide bonds. The topological polar surface area (TPSA) is 30.5 Å². The van der Waals surface area contributed by atoms with Gasteiger partial charge >= 0.3 is 0 Å². The summed E-state index contributed by atoms with van der Waals surface area (Å²) in [6, 6.07) is 16.8. The normalized spacial score (nSPS) is 17.4. The minimum atomic E-state index is 0.465. The lowest BCUT2D eigenvalue weighted by molar-refractivity contribution is 0.283. The van der Waals surface area contributed by atoms with Crippen molar-refractivity contribution in [2.75, 3.05) is 13.7 Å². The minimum Gasteiger partial charge on any atom is -0.493 e. The molecule has 104 valence electrons. The third-order valence-corrected chi connectivity index (χ3v) is 3.65. The standard InChI is InChI=1S/C17H19NO2/c1-19-17-11-14(15-9-10-18-15)7-8-16(17)20-12-13-5-3-2-4-6-13/h2-8,11,15,18H,9-10,12H2,1H3/t15-/m1/s1. The molecule has 20 heavy (non-hydrogen) atoms. The van der Waals surface area contributed by atoms with Gasteiger partial charge in [0.2, 0.25) is 0 Å². The van der Waals surface area contributed by atoms with Crippen molar-refractivity contribution in [3.05, 3.63) is 59.7 Å². The molecule has 3 rings (SSSR count). The van der Waals surface area contributed by atoms with Crippen LogP contribution in [0.15, 0.2) is 48.5 Å². The fourth-order valence-corrected chi connectivity index (χ4v) is 2.33. The van der Waals surface area contributed by atoms with Gasteiger partial charge in [-0.1, -0.05) is 36.4 Å². The summed E-state index contributed by atoms with van der Waals surface area (Å²) in [4.78, 5) is 0. The van der Waals surface area contributed by atoms with Crippen molar-refractivity contribution in [1.82, 2.24) is 5.32 Å². The van der Waals surface area contributed by atoms with Gasteiger partial charge in [-0.15, -0.1) is 0 Å². The molecular formula is C17H19NO2. The third-order valence-electron chi connectivity index (χ3n) is 3.65. The predicted octanol–water partition coefficient (Wildman–Crippen LogP) is 3.31. The van der Waals surface area contributed by atoms with E-state index in [2.05, 4.69) is 29.6 Å². The summed E-state index contributed by atoms with van der Waals surface area (Å²) in [5.74, 6) is 1.59. The number of hydrogen-bond donors (Lipinski definition) is 1. The molecule has 3 heteroatoms. The Morgan fingerprint density at radius 3 is 2.55 bits per heavy atom. The fraction of sp³-hybridized carbons (Fsp3) is 0.294. The molecule has 1 aliphatic heterocycles. The lowest BCUT2D eigenvalue weighted by Crippen LogP contribution is -2.34. The Hall–Kier alpha value is -2.00. The summed E-state index contributed by atoms with van der Waals surface area (Å²) in [7, 11) is 1.68. The predicted molar refractivity (Wildman–Crippen MR) is 79.1 cm³/mol. The number of hydrogen-bond acceptors (Lipinski definition) is 3. The molecule has 1 saturated heterocycles. The molecule has 0 saturated carbocycles. The quantitative estimate of drug-likeness (QED) is 0.903. The first-order valence-corrected chi connectivity index (χ1v) is 6.95. The summed E-state index contributed by atoms with van der Waals surface area (Å²) in [6.45, 7) is 1.65. The SMILES string of the molecule is COc1cc([C@H]2CCN2)ccc1OCc1ccccc1. The summed E-state index contributed by atoms with van der Waals surface area (Å²) in [5, 5.41) is 3.39. The van der Waals surface area contributed by atoms with Crippen molar-refractivity contribution >= 4 is 0 Å². The van der Waals surface area contributed by atoms with Gasteiger partial charge in [0.15, 0.2) is 11.5 Å². The maximum Gasteiger partial charge on any atom is 0.161 e. The number of methoxy groups -OCH3 is 1. The number of nitrogens with one attached hydrogen (secondary N) is 1. The van der Waals surface area contributed by atoms with E-state index in [1.807, 2.05) is 24.3 Å². The van der Waals surface area contributed by atoms with Crippen LogP contribution in [-0.2, 0) is 6.61 Å². The second-order valence-electron chi connectivity index (χ2n) is 4.98. The van der Waals surface area contributed by atoms with E-state index in [-0.39, 0.29) is 0 Å². The maximum atomic E-state index is 5.86. The molecule has 1 fully saturated rings. The Morgan fingerprint density at radius 2 is 1.90 bits per heavy atom. The van der Waals surface area contributed by atoms with Crippen molar-refractivity contribution in [1.29, 1.82) is 0 Å². The van der Waals surface area contributed by atoms with Gasteiger partial charge in [-0.05, 0) is 36.2 Å². The van der Waals surface area contributed by atoms with E-state index in [1.54, 1.807) is 7.11 Å². The van der Waals surface area contributed by atoms with Crippen molar-refractivity contribution in [2.24, 2.45) is 0 Å². The zero-order valence-electron chi connectivity index (χ0n) is 11.6. The van der Waals surface area contributed by atoms with Crippen LogP contribution in [0.25, 0.3) is 0 Å². The summed E-state index contributed by atoms with van der Waals surface area (Å²) < 4.78 is 11.3. The van der Waals surface area contributed by atoms with Gasteiger partial charge in [-0.25, -0.2) is 0 Å². The zero-order valence-corrected chi connectivity index (χ0v) is 11.6. The van der Waals surface area contributed by atoms with Crippen LogP contribution in [0.3, 0.4) is 0 Å². The van der Waals surface area contributed by atoms with E-state index in [0.29, 0.717) is 12.6 Å². The molecule has 3 nitrogen and oxygen atoms in total. The van der Waals surface area contributed by atoms with Crippen LogP contribution >= 0.6 is 0 Å². The first-order chi connectivity index (χ1) is 9.86. The third kappa shape index (κ3) is 2.78. The summed E-state index contributed by atoms with van der Waals surface area (Å²) >= 11 is 0. The highest BCUT2D eigenvalue weighted by molar-refractivity contribution is 5.44. The summed E-state index contributed by atoms with van der Waals surface area (Å²) in [5.41, 5.74) is 2.42. The molecule has 0 radical (unpaired) electrons. The molecule has 0 aliphatic carbocycles. The van der Waals surface area contributed by atoms with Crippen LogP contribution in [-0.4, -0.2) is 13.7 Å². The van der Waals surface area contributed by atoms with Gasteiger partial charge in [0.05, 0.1) is 7.11 Å². The number of rotatable bonds is 5. The van der Waals surface area contributed by atoms with Crippen molar-refractivity contribution in [3.63, 3.8) is 0 Å². The molecule has 1 heterocycles. The van der Waals surface area contributed by atoms with E-state index in [4.69, 9.17) is 9.47 Å². The van der Waals surface area contributed by atoms with Crippen LogP contribution in [0, 0.1) is 0 Å². The van der Waals surface area contributed by atoms with Crippen molar-refractivity contribution < 1.29 is 9.47 Å². The maximum absolute atomic E-state index is 5.86. The number of ether oxygens (including phenoxy) is 2. The highest BCUT2D eigenvalue weighted by Gasteiger charge is 2.19. The second-order valence-corrected chi connectivity index (χ2v) is 4.98. The average Bonchev–Trinajstić information content (AvgIpc) is 2.45. The van der Waals surface area contributed by atoms with Gasteiger partial charge in [0, 0.05) is 6.04 Å². The largest absolute Gasteiger partial charge is 0.493 e. The molecular weight excluding hydrogens is 250 g/mol. The van der Waals surface area contributed by atoms with Crippen molar-refractivity contribution in [2.45, 2.75) is 19.1 Å². The van der Waals surface area contributed by atoms with Crippen molar-refractivity contribution in [3.8, 4) is 11.5 Å². The molecule has 1 atom stereocenters. The van der Waals surface area contributed by atoms with Gasteiger partial charge in [0.1, 0.15) is 6.61 Å². The molecule has 0 aromatic heterocycles. The van der Waals surface area contributed by atoms with E-state index >= 15 is 0 Å². The van der Waals surface area contributed by atoms with Crippen LogP contribution in [0.1, 0.15) is 23.6 Å². The Morgan fingerprint density at radius 1 is 1.10 bits per heavy atom. The Labute approximate surface area is 119 Å².